The Morgan fingerprint density at radius 3 is 2.81 bits per heavy atom. The minimum absolute atomic E-state index is 0.194. The van der Waals surface area contributed by atoms with Gasteiger partial charge in [0.1, 0.15) is 5.69 Å². The van der Waals surface area contributed by atoms with Crippen LogP contribution in [-0.4, -0.2) is 44.5 Å². The summed E-state index contributed by atoms with van der Waals surface area (Å²) in [4.78, 5) is 6.80. The van der Waals surface area contributed by atoms with Crippen LogP contribution in [0.25, 0.3) is 0 Å². The minimum atomic E-state index is -3.71. The highest BCUT2D eigenvalue weighted by Gasteiger charge is 2.20. The topological polar surface area (TPSA) is 71.5 Å². The zero-order valence-corrected chi connectivity index (χ0v) is 17.7. The van der Waals surface area contributed by atoms with Gasteiger partial charge in [0.15, 0.2) is 0 Å². The van der Waals surface area contributed by atoms with E-state index in [1.165, 1.54) is 19.3 Å². The maximum Gasteiger partial charge on any atom is 0.262 e. The number of nitrogens with zero attached hydrogens (tertiary/aromatic N) is 2. The van der Waals surface area contributed by atoms with Crippen molar-refractivity contribution in [3.05, 3.63) is 47.1 Å². The second-order valence-corrected chi connectivity index (χ2v) is 9.29. The highest BCUT2D eigenvalue weighted by atomic mass is 79.9. The number of sulfonamides is 1. The summed E-state index contributed by atoms with van der Waals surface area (Å²) in [6.07, 6.45) is 6.14. The second-order valence-electron chi connectivity index (χ2n) is 6.69. The van der Waals surface area contributed by atoms with Crippen LogP contribution >= 0.6 is 15.9 Å². The van der Waals surface area contributed by atoms with Crippen LogP contribution in [0.15, 0.2) is 52.0 Å². The average Bonchev–Trinajstić information content (AvgIpc) is 2.65. The maximum atomic E-state index is 12.6. The molecule has 2 heterocycles. The van der Waals surface area contributed by atoms with Gasteiger partial charge in [-0.2, -0.15) is 0 Å². The molecular formula is C19H24BrN3O3S. The molecule has 27 heavy (non-hydrogen) atoms. The molecule has 0 bridgehead atoms. The van der Waals surface area contributed by atoms with Gasteiger partial charge >= 0.3 is 0 Å². The fourth-order valence-electron chi connectivity index (χ4n) is 3.22. The molecule has 1 aliphatic heterocycles. The summed E-state index contributed by atoms with van der Waals surface area (Å²) in [7, 11) is -1.57. The van der Waals surface area contributed by atoms with Gasteiger partial charge in [0, 0.05) is 16.7 Å². The molecule has 1 aromatic carbocycles. The van der Waals surface area contributed by atoms with Crippen LogP contribution in [0.1, 0.15) is 25.7 Å². The third kappa shape index (κ3) is 5.43. The molecule has 1 N–H and O–H groups in total. The molecule has 0 spiro atoms. The molecule has 0 amide bonds. The lowest BCUT2D eigenvalue weighted by Crippen LogP contribution is -2.37. The van der Waals surface area contributed by atoms with Gasteiger partial charge in [-0.15, -0.1) is 0 Å². The van der Waals surface area contributed by atoms with Crippen LogP contribution in [0.4, 0.5) is 5.69 Å². The molecule has 0 radical (unpaired) electrons. The Kier molecular flexibility index (Phi) is 6.73. The summed E-state index contributed by atoms with van der Waals surface area (Å²) in [5, 5.41) is 0. The molecule has 146 valence electrons. The predicted octanol–water partition coefficient (Wildman–Crippen LogP) is 3.90. The lowest BCUT2D eigenvalue weighted by molar-refractivity contribution is 0.152. The summed E-state index contributed by atoms with van der Waals surface area (Å²) in [6, 6.07) is 10.4. The highest BCUT2D eigenvalue weighted by Crippen LogP contribution is 2.28. The lowest BCUT2D eigenvalue weighted by atomic mass is 10.0. The Morgan fingerprint density at radius 1 is 1.30 bits per heavy atom. The SMILES string of the molecule is CN1CCCCC1CCOc1ncc(Br)cc1NS(=O)(=O)c1ccccc1. The molecule has 3 rings (SSSR count). The van der Waals surface area contributed by atoms with E-state index in [9.17, 15) is 8.42 Å². The van der Waals surface area contributed by atoms with Gasteiger partial charge in [0.05, 0.1) is 11.5 Å². The Balaban J connectivity index is 1.69. The zero-order chi connectivity index (χ0) is 19.3. The van der Waals surface area contributed by atoms with Gasteiger partial charge in [-0.3, -0.25) is 4.72 Å². The van der Waals surface area contributed by atoms with Gasteiger partial charge in [-0.05, 0) is 67.0 Å². The van der Waals surface area contributed by atoms with E-state index in [0.29, 0.717) is 22.8 Å². The first kappa shape index (κ1) is 20.1. The molecular weight excluding hydrogens is 430 g/mol. The Morgan fingerprint density at radius 2 is 2.07 bits per heavy atom. The molecule has 8 heteroatoms. The molecule has 1 atom stereocenters. The van der Waals surface area contributed by atoms with Gasteiger partial charge in [-0.25, -0.2) is 13.4 Å². The third-order valence-electron chi connectivity index (χ3n) is 4.73. The van der Waals surface area contributed by atoms with Gasteiger partial charge in [0.25, 0.3) is 10.0 Å². The van der Waals surface area contributed by atoms with Crippen LogP contribution in [0, 0.1) is 0 Å². The summed E-state index contributed by atoms with van der Waals surface area (Å²) >= 11 is 3.34. The van der Waals surface area contributed by atoms with Crippen molar-refractivity contribution >= 4 is 31.6 Å². The highest BCUT2D eigenvalue weighted by molar-refractivity contribution is 9.10. The fraction of sp³-hybridized carbons (Fsp3) is 0.421. The van der Waals surface area contributed by atoms with Crippen molar-refractivity contribution in [3.8, 4) is 5.88 Å². The van der Waals surface area contributed by atoms with Gasteiger partial charge in [0.2, 0.25) is 5.88 Å². The van der Waals surface area contributed by atoms with Crippen molar-refractivity contribution in [2.45, 2.75) is 36.6 Å². The van der Waals surface area contributed by atoms with E-state index in [2.05, 4.69) is 37.6 Å². The van der Waals surface area contributed by atoms with E-state index in [1.807, 2.05) is 0 Å². The first-order chi connectivity index (χ1) is 13.0. The van der Waals surface area contributed by atoms with Crippen molar-refractivity contribution < 1.29 is 13.2 Å². The monoisotopic (exact) mass is 453 g/mol. The lowest BCUT2D eigenvalue weighted by Gasteiger charge is -2.32. The number of ether oxygens (including phenoxy) is 1. The number of pyridine rings is 1. The summed E-state index contributed by atoms with van der Waals surface area (Å²) in [5.74, 6) is 0.288. The number of nitrogens with one attached hydrogen (secondary N) is 1. The van der Waals surface area contributed by atoms with Crippen molar-refractivity contribution in [1.29, 1.82) is 0 Å². The first-order valence-corrected chi connectivity index (χ1v) is 11.3. The van der Waals surface area contributed by atoms with E-state index < -0.39 is 10.0 Å². The van der Waals surface area contributed by atoms with Gasteiger partial charge < -0.3 is 9.64 Å². The molecule has 1 aromatic heterocycles. The number of hydrogen-bond donors (Lipinski definition) is 1. The Labute approximate surface area is 169 Å². The molecule has 0 saturated carbocycles. The average molecular weight is 454 g/mol. The number of benzene rings is 1. The number of halogens is 1. The minimum Gasteiger partial charge on any atom is -0.476 e. The largest absolute Gasteiger partial charge is 0.476 e. The van der Waals surface area contributed by atoms with Crippen molar-refractivity contribution in [2.24, 2.45) is 0 Å². The van der Waals surface area contributed by atoms with Crippen molar-refractivity contribution in [3.63, 3.8) is 0 Å². The fourth-order valence-corrected chi connectivity index (χ4v) is 4.62. The van der Waals surface area contributed by atoms with Crippen molar-refractivity contribution in [1.82, 2.24) is 9.88 Å². The molecule has 1 aliphatic rings. The molecule has 6 nitrogen and oxygen atoms in total. The van der Waals surface area contributed by atoms with Gasteiger partial charge in [-0.1, -0.05) is 24.6 Å². The standard InChI is InChI=1S/C19H24BrN3O3S/c1-23-11-6-5-7-16(23)10-12-26-19-18(13-15(20)14-21-19)22-27(24,25)17-8-3-2-4-9-17/h2-4,8-9,13-14,16,22H,5-7,10-12H2,1H3. The second kappa shape index (κ2) is 9.03. The smallest absolute Gasteiger partial charge is 0.262 e. The maximum absolute atomic E-state index is 12.6. The Bertz CT molecular complexity index is 862. The summed E-state index contributed by atoms with van der Waals surface area (Å²) in [6.45, 7) is 1.60. The Hall–Kier alpha value is -1.64. The number of piperidine rings is 1. The van der Waals surface area contributed by atoms with Crippen LogP contribution < -0.4 is 9.46 Å². The van der Waals surface area contributed by atoms with Crippen LogP contribution in [0.5, 0.6) is 5.88 Å². The predicted molar refractivity (Wildman–Crippen MR) is 110 cm³/mol. The van der Waals surface area contributed by atoms with E-state index in [-0.39, 0.29) is 10.8 Å². The summed E-state index contributed by atoms with van der Waals surface area (Å²) in [5.41, 5.74) is 0.324. The van der Waals surface area contributed by atoms with Crippen LogP contribution in [-0.2, 0) is 10.0 Å². The molecule has 0 aliphatic carbocycles. The van der Waals surface area contributed by atoms with Crippen LogP contribution in [0.3, 0.4) is 0 Å². The number of aromatic nitrogens is 1. The zero-order valence-electron chi connectivity index (χ0n) is 15.3. The molecule has 1 saturated heterocycles. The normalized spacial score (nSPS) is 18.2. The van der Waals surface area contributed by atoms with E-state index in [1.54, 1.807) is 42.6 Å². The van der Waals surface area contributed by atoms with E-state index in [4.69, 9.17) is 4.74 Å². The number of anilines is 1. The van der Waals surface area contributed by atoms with Crippen molar-refractivity contribution in [2.75, 3.05) is 24.9 Å². The summed E-state index contributed by atoms with van der Waals surface area (Å²) < 4.78 is 34.3. The number of rotatable bonds is 7. The quantitative estimate of drug-likeness (QED) is 0.687. The molecule has 2 aromatic rings. The first-order valence-electron chi connectivity index (χ1n) is 9.02. The third-order valence-corrected chi connectivity index (χ3v) is 6.54. The van der Waals surface area contributed by atoms with E-state index in [0.717, 1.165) is 13.0 Å². The van der Waals surface area contributed by atoms with E-state index >= 15 is 0 Å². The molecule has 1 fully saturated rings. The van der Waals surface area contributed by atoms with Crippen LogP contribution in [0.2, 0.25) is 0 Å². The number of likely N-dealkylation sites (tertiary alicyclic amines) is 1. The molecule has 1 unspecified atom stereocenters. The number of hydrogen-bond acceptors (Lipinski definition) is 5.